The number of fused-ring (bicyclic) bond motifs is 1. The third kappa shape index (κ3) is 2.71. The molecule has 1 aliphatic heterocycles. The lowest BCUT2D eigenvalue weighted by atomic mass is 9.90. The third-order valence-corrected chi connectivity index (χ3v) is 5.43. The quantitative estimate of drug-likeness (QED) is 0.918. The molecule has 2 heterocycles. The van der Waals surface area contributed by atoms with E-state index in [4.69, 9.17) is 4.74 Å². The Hall–Kier alpha value is -0.450. The third-order valence-electron chi connectivity index (χ3n) is 4.45. The summed E-state index contributed by atoms with van der Waals surface area (Å²) < 4.78 is 19.9. The molecule has 1 aromatic rings. The molecule has 1 aromatic heterocycles. The van der Waals surface area contributed by atoms with Crippen LogP contribution in [0.15, 0.2) is 11.4 Å². The van der Waals surface area contributed by atoms with E-state index in [1.165, 1.54) is 10.4 Å². The van der Waals surface area contributed by atoms with Crippen molar-refractivity contribution >= 4 is 11.3 Å². The highest BCUT2D eigenvalue weighted by Gasteiger charge is 2.35. The Morgan fingerprint density at radius 1 is 1.47 bits per heavy atom. The van der Waals surface area contributed by atoms with E-state index in [0.717, 1.165) is 32.3 Å². The molecule has 2 nitrogen and oxygen atoms in total. The second-order valence-corrected chi connectivity index (χ2v) is 6.88. The van der Waals surface area contributed by atoms with Crippen LogP contribution in [0.4, 0.5) is 4.39 Å². The summed E-state index contributed by atoms with van der Waals surface area (Å²) in [7, 11) is 0. The van der Waals surface area contributed by atoms with Gasteiger partial charge in [0.25, 0.3) is 0 Å². The molecule has 0 radical (unpaired) electrons. The van der Waals surface area contributed by atoms with Crippen LogP contribution in [0.1, 0.15) is 43.0 Å². The van der Waals surface area contributed by atoms with Gasteiger partial charge in [0.15, 0.2) is 0 Å². The molecule has 0 aromatic carbocycles. The lowest BCUT2D eigenvalue weighted by Crippen LogP contribution is -2.48. The van der Waals surface area contributed by atoms with E-state index in [1.807, 2.05) is 11.3 Å². The number of hydrogen-bond donors (Lipinski definition) is 1. The number of rotatable bonds is 3. The second-order valence-electron chi connectivity index (χ2n) is 5.87. The van der Waals surface area contributed by atoms with Crippen molar-refractivity contribution < 1.29 is 9.13 Å². The van der Waals surface area contributed by atoms with E-state index in [0.29, 0.717) is 13.0 Å². The molecule has 2 unspecified atom stereocenters. The fourth-order valence-electron chi connectivity index (χ4n) is 3.24. The van der Waals surface area contributed by atoms with Crippen LogP contribution in [0.2, 0.25) is 0 Å². The van der Waals surface area contributed by atoms with Crippen LogP contribution in [0.25, 0.3) is 0 Å². The average molecular weight is 283 g/mol. The maximum Gasteiger partial charge on any atom is 0.115 e. The molecule has 1 saturated carbocycles. The van der Waals surface area contributed by atoms with E-state index in [2.05, 4.69) is 23.7 Å². The molecule has 1 aliphatic carbocycles. The van der Waals surface area contributed by atoms with Gasteiger partial charge in [0, 0.05) is 23.9 Å². The summed E-state index contributed by atoms with van der Waals surface area (Å²) in [5.41, 5.74) is 1.01. The first-order chi connectivity index (χ1) is 9.19. The first-order valence-corrected chi connectivity index (χ1v) is 8.15. The summed E-state index contributed by atoms with van der Waals surface area (Å²) in [6.45, 7) is 3.61. The molecule has 0 spiro atoms. The minimum atomic E-state index is -0.692. The predicted octanol–water partition coefficient (Wildman–Crippen LogP) is 3.41. The van der Waals surface area contributed by atoms with Gasteiger partial charge in [0.05, 0.1) is 6.61 Å². The summed E-state index contributed by atoms with van der Waals surface area (Å²) in [5, 5.41) is 5.55. The molecular formula is C15H22FNOS. The summed E-state index contributed by atoms with van der Waals surface area (Å²) >= 11 is 1.81. The number of ether oxygens (including phenoxy) is 1. The lowest BCUT2D eigenvalue weighted by Gasteiger charge is -2.37. The number of hydrogen-bond acceptors (Lipinski definition) is 3. The molecule has 1 N–H and O–H groups in total. The summed E-state index contributed by atoms with van der Waals surface area (Å²) in [6.07, 6.45) is 4.15. The number of halogens is 1. The van der Waals surface area contributed by atoms with Crippen LogP contribution in [0.5, 0.6) is 0 Å². The summed E-state index contributed by atoms with van der Waals surface area (Å²) in [6, 6.07) is 2.17. The molecule has 4 heteroatoms. The number of nitrogens with one attached hydrogen (secondary N) is 1. The van der Waals surface area contributed by atoms with E-state index in [-0.39, 0.29) is 11.6 Å². The van der Waals surface area contributed by atoms with E-state index >= 15 is 0 Å². The van der Waals surface area contributed by atoms with Crippen LogP contribution < -0.4 is 5.32 Å². The van der Waals surface area contributed by atoms with Crippen molar-refractivity contribution in [3.8, 4) is 0 Å². The van der Waals surface area contributed by atoms with Crippen molar-refractivity contribution in [2.45, 2.75) is 56.8 Å². The van der Waals surface area contributed by atoms with Crippen LogP contribution in [0, 0.1) is 0 Å². The number of thiophene rings is 1. The molecule has 19 heavy (non-hydrogen) atoms. The second kappa shape index (κ2) is 5.51. The van der Waals surface area contributed by atoms with Gasteiger partial charge >= 0.3 is 0 Å². The van der Waals surface area contributed by atoms with Crippen molar-refractivity contribution in [1.29, 1.82) is 0 Å². The zero-order valence-corrected chi connectivity index (χ0v) is 12.3. The van der Waals surface area contributed by atoms with Crippen LogP contribution in [0.3, 0.4) is 0 Å². The van der Waals surface area contributed by atoms with Crippen LogP contribution >= 0.6 is 11.3 Å². The fraction of sp³-hybridized carbons (Fsp3) is 0.733. The molecule has 3 atom stereocenters. The molecule has 1 fully saturated rings. The summed E-state index contributed by atoms with van der Waals surface area (Å²) in [5.74, 6) is 0. The average Bonchev–Trinajstić information content (AvgIpc) is 2.88. The Balaban J connectivity index is 1.66. The highest BCUT2D eigenvalue weighted by molar-refractivity contribution is 7.10. The molecule has 0 bridgehead atoms. The maximum absolute atomic E-state index is 13.9. The SMILES string of the molecule is CC1(CNC2CCCC[C@H]2F)OCCc2sccc21. The van der Waals surface area contributed by atoms with Gasteiger partial charge in [-0.15, -0.1) is 11.3 Å². The molecule has 3 rings (SSSR count). The van der Waals surface area contributed by atoms with Gasteiger partial charge in [-0.1, -0.05) is 12.8 Å². The highest BCUT2D eigenvalue weighted by atomic mass is 32.1. The zero-order valence-electron chi connectivity index (χ0n) is 11.5. The van der Waals surface area contributed by atoms with Gasteiger partial charge < -0.3 is 10.1 Å². The molecule has 0 amide bonds. The standard InChI is InChI=1S/C15H22FNOS/c1-15(10-17-13-5-3-2-4-12(13)16)11-7-9-19-14(11)6-8-18-15/h7,9,12-13,17H,2-6,8,10H2,1H3/t12-,13?,15?/m1/s1. The van der Waals surface area contributed by atoms with Crippen molar-refractivity contribution in [3.63, 3.8) is 0 Å². The number of alkyl halides is 1. The van der Waals surface area contributed by atoms with Crippen LogP contribution in [-0.4, -0.2) is 25.4 Å². The van der Waals surface area contributed by atoms with Crippen molar-refractivity contribution in [1.82, 2.24) is 5.32 Å². The highest BCUT2D eigenvalue weighted by Crippen LogP contribution is 2.36. The molecule has 2 aliphatic rings. The monoisotopic (exact) mass is 283 g/mol. The molecule has 0 saturated heterocycles. The summed E-state index contributed by atoms with van der Waals surface area (Å²) in [4.78, 5) is 1.43. The van der Waals surface area contributed by atoms with E-state index < -0.39 is 6.17 Å². The molecular weight excluding hydrogens is 261 g/mol. The smallest absolute Gasteiger partial charge is 0.115 e. The van der Waals surface area contributed by atoms with Gasteiger partial charge in [0.1, 0.15) is 11.8 Å². The van der Waals surface area contributed by atoms with Gasteiger partial charge in [-0.05, 0) is 36.8 Å². The zero-order chi connectivity index (χ0) is 13.3. The minimum Gasteiger partial charge on any atom is -0.369 e. The van der Waals surface area contributed by atoms with Gasteiger partial charge in [-0.3, -0.25) is 0 Å². The largest absolute Gasteiger partial charge is 0.369 e. The van der Waals surface area contributed by atoms with Crippen LogP contribution in [-0.2, 0) is 16.8 Å². The Morgan fingerprint density at radius 2 is 2.32 bits per heavy atom. The maximum atomic E-state index is 13.9. The van der Waals surface area contributed by atoms with Crippen molar-refractivity contribution in [3.05, 3.63) is 21.9 Å². The Kier molecular flexibility index (Phi) is 3.92. The molecule has 106 valence electrons. The first kappa shape index (κ1) is 13.5. The topological polar surface area (TPSA) is 21.3 Å². The minimum absolute atomic E-state index is 0.0122. The van der Waals surface area contributed by atoms with Gasteiger partial charge in [-0.2, -0.15) is 0 Å². The van der Waals surface area contributed by atoms with E-state index in [1.54, 1.807) is 0 Å². The van der Waals surface area contributed by atoms with E-state index in [9.17, 15) is 4.39 Å². The Labute approximate surface area is 118 Å². The fourth-order valence-corrected chi connectivity index (χ4v) is 4.22. The Morgan fingerprint density at radius 3 is 3.16 bits per heavy atom. The lowest BCUT2D eigenvalue weighted by molar-refractivity contribution is -0.0474. The van der Waals surface area contributed by atoms with Crippen molar-refractivity contribution in [2.24, 2.45) is 0 Å². The van der Waals surface area contributed by atoms with Gasteiger partial charge in [-0.25, -0.2) is 4.39 Å². The first-order valence-electron chi connectivity index (χ1n) is 7.27. The van der Waals surface area contributed by atoms with Gasteiger partial charge in [0.2, 0.25) is 0 Å². The van der Waals surface area contributed by atoms with Crippen molar-refractivity contribution in [2.75, 3.05) is 13.2 Å². The Bertz CT molecular complexity index is 436. The predicted molar refractivity (Wildman–Crippen MR) is 76.5 cm³/mol. The normalized spacial score (nSPS) is 35.1.